The number of quaternary nitrogens is 1. The summed E-state index contributed by atoms with van der Waals surface area (Å²) in [4.78, 5) is 17.2. The van der Waals surface area contributed by atoms with Gasteiger partial charge in [-0.2, -0.15) is 0 Å². The van der Waals surface area contributed by atoms with Gasteiger partial charge in [0.25, 0.3) is 5.91 Å². The van der Waals surface area contributed by atoms with Crippen LogP contribution in [0.1, 0.15) is 41.3 Å². The molecule has 0 aromatic heterocycles. The minimum Gasteiger partial charge on any atom is -0.493 e. The number of benzene rings is 2. The molecule has 1 saturated heterocycles. The fourth-order valence-electron chi connectivity index (χ4n) is 4.92. The molecule has 6 heteroatoms. The molecule has 0 saturated carbocycles. The number of carbonyl (C=O) groups excluding carboxylic acids is 1. The lowest BCUT2D eigenvalue weighted by atomic mass is 10.1. The van der Waals surface area contributed by atoms with Gasteiger partial charge in [-0.1, -0.05) is 6.07 Å². The van der Waals surface area contributed by atoms with E-state index in [2.05, 4.69) is 6.92 Å². The molecule has 0 spiro atoms. The van der Waals surface area contributed by atoms with E-state index in [1.165, 1.54) is 19.4 Å². The fraction of sp³-hybridized carbons (Fsp3) is 0.458. The molecule has 1 unspecified atom stereocenters. The second-order valence-electron chi connectivity index (χ2n) is 8.40. The van der Waals surface area contributed by atoms with Crippen molar-refractivity contribution in [1.29, 1.82) is 0 Å². The zero-order valence-electron chi connectivity index (χ0n) is 17.5. The highest BCUT2D eigenvalue weighted by Crippen LogP contribution is 2.33. The second kappa shape index (κ2) is 8.19. The lowest BCUT2D eigenvalue weighted by Crippen LogP contribution is -3.14. The Morgan fingerprint density at radius 3 is 2.87 bits per heavy atom. The predicted molar refractivity (Wildman–Crippen MR) is 112 cm³/mol. The van der Waals surface area contributed by atoms with Crippen LogP contribution in [0.3, 0.4) is 0 Å². The van der Waals surface area contributed by atoms with Crippen molar-refractivity contribution in [3.63, 3.8) is 0 Å². The van der Waals surface area contributed by atoms with Crippen molar-refractivity contribution in [3.05, 3.63) is 53.1 Å². The molecule has 2 aromatic rings. The Kier molecular flexibility index (Phi) is 5.25. The van der Waals surface area contributed by atoms with Gasteiger partial charge in [-0.25, -0.2) is 0 Å². The highest BCUT2D eigenvalue weighted by molar-refractivity contribution is 5.94. The Hall–Kier alpha value is -2.73. The topological polar surface area (TPSA) is 52.4 Å². The molecule has 30 heavy (non-hydrogen) atoms. The summed E-state index contributed by atoms with van der Waals surface area (Å²) in [7, 11) is 0. The molecule has 1 amide bonds. The van der Waals surface area contributed by atoms with Gasteiger partial charge in [-0.15, -0.1) is 0 Å². The number of amides is 1. The number of hydrogen-bond donors (Lipinski definition) is 1. The van der Waals surface area contributed by atoms with E-state index in [1.54, 1.807) is 4.90 Å². The highest BCUT2D eigenvalue weighted by Gasteiger charge is 2.31. The molecule has 3 heterocycles. The van der Waals surface area contributed by atoms with Gasteiger partial charge in [0, 0.05) is 31.4 Å². The Morgan fingerprint density at radius 2 is 1.97 bits per heavy atom. The predicted octanol–water partition coefficient (Wildman–Crippen LogP) is 2.06. The van der Waals surface area contributed by atoms with Gasteiger partial charge in [0.05, 0.1) is 26.2 Å². The molecule has 3 aliphatic heterocycles. The van der Waals surface area contributed by atoms with Crippen LogP contribution in [-0.2, 0) is 13.0 Å². The van der Waals surface area contributed by atoms with Gasteiger partial charge in [-0.05, 0) is 48.4 Å². The molecule has 2 atom stereocenters. The summed E-state index contributed by atoms with van der Waals surface area (Å²) in [5.74, 6) is 2.53. The van der Waals surface area contributed by atoms with Crippen LogP contribution in [0.4, 0.5) is 0 Å². The normalized spacial score (nSPS) is 21.4. The summed E-state index contributed by atoms with van der Waals surface area (Å²) >= 11 is 0. The molecule has 0 aliphatic carbocycles. The molecular formula is C24H29N2O4+. The van der Waals surface area contributed by atoms with Crippen LogP contribution in [0.5, 0.6) is 17.2 Å². The minimum absolute atomic E-state index is 0.0877. The van der Waals surface area contributed by atoms with E-state index in [0.717, 1.165) is 53.4 Å². The fourth-order valence-corrected chi connectivity index (χ4v) is 4.92. The maximum absolute atomic E-state index is 13.6. The molecule has 158 valence electrons. The van der Waals surface area contributed by atoms with Gasteiger partial charge >= 0.3 is 0 Å². The van der Waals surface area contributed by atoms with Crippen LogP contribution in [0.25, 0.3) is 0 Å². The lowest BCUT2D eigenvalue weighted by molar-refractivity contribution is -0.909. The van der Waals surface area contributed by atoms with Crippen molar-refractivity contribution < 1.29 is 23.9 Å². The number of carbonyl (C=O) groups is 1. The third kappa shape index (κ3) is 3.72. The summed E-state index contributed by atoms with van der Waals surface area (Å²) in [5.41, 5.74) is 2.94. The Labute approximate surface area is 177 Å². The van der Waals surface area contributed by atoms with Crippen molar-refractivity contribution >= 4 is 5.91 Å². The minimum atomic E-state index is 0.0877. The largest absolute Gasteiger partial charge is 0.493 e. The molecule has 0 bridgehead atoms. The van der Waals surface area contributed by atoms with Gasteiger partial charge < -0.3 is 24.0 Å². The summed E-state index contributed by atoms with van der Waals surface area (Å²) in [5, 5.41) is 0. The van der Waals surface area contributed by atoms with E-state index in [4.69, 9.17) is 14.2 Å². The average Bonchev–Trinajstić information content (AvgIpc) is 3.51. The smallest absolute Gasteiger partial charge is 0.254 e. The molecule has 0 radical (unpaired) electrons. The van der Waals surface area contributed by atoms with Crippen molar-refractivity contribution in [1.82, 2.24) is 4.90 Å². The van der Waals surface area contributed by atoms with Crippen LogP contribution >= 0.6 is 0 Å². The molecule has 2 aromatic carbocycles. The first-order chi connectivity index (χ1) is 14.7. The van der Waals surface area contributed by atoms with Crippen LogP contribution in [-0.4, -0.2) is 49.9 Å². The standard InChI is InChI=1S/C24H28N2O4/c1-2-25-10-3-4-20(25)15-26(14-17-5-7-22-23(12-17)30-16-29-22)24(27)19-6-8-21-18(13-19)9-11-28-21/h5-8,12-13,20H,2-4,9-11,14-16H2,1H3/p+1/t20-/m0/s1. The number of likely N-dealkylation sites (tertiary alicyclic amines) is 1. The maximum atomic E-state index is 13.6. The van der Waals surface area contributed by atoms with Crippen LogP contribution in [0, 0.1) is 0 Å². The zero-order chi connectivity index (χ0) is 20.5. The van der Waals surface area contributed by atoms with E-state index >= 15 is 0 Å². The highest BCUT2D eigenvalue weighted by atomic mass is 16.7. The quantitative estimate of drug-likeness (QED) is 0.794. The SMILES string of the molecule is CC[NH+]1CCC[C@H]1CN(Cc1ccc2c(c1)OCO2)C(=O)c1ccc2c(c1)CCO2. The van der Waals surface area contributed by atoms with Gasteiger partial charge in [0.1, 0.15) is 11.8 Å². The Morgan fingerprint density at radius 1 is 1.10 bits per heavy atom. The van der Waals surface area contributed by atoms with E-state index in [0.29, 0.717) is 19.2 Å². The number of likely N-dealkylation sites (N-methyl/N-ethyl adjacent to an activating group) is 1. The van der Waals surface area contributed by atoms with Gasteiger partial charge in [0.2, 0.25) is 6.79 Å². The molecule has 5 rings (SSSR count). The van der Waals surface area contributed by atoms with E-state index in [9.17, 15) is 4.79 Å². The maximum Gasteiger partial charge on any atom is 0.254 e. The van der Waals surface area contributed by atoms with Crippen LogP contribution in [0.15, 0.2) is 36.4 Å². The molecular weight excluding hydrogens is 380 g/mol. The first-order valence-corrected chi connectivity index (χ1v) is 11.0. The summed E-state index contributed by atoms with van der Waals surface area (Å²) < 4.78 is 16.6. The molecule has 3 aliphatic rings. The molecule has 1 fully saturated rings. The summed E-state index contributed by atoms with van der Waals surface area (Å²) in [6.45, 7) is 6.83. The number of ether oxygens (including phenoxy) is 3. The monoisotopic (exact) mass is 409 g/mol. The number of hydrogen-bond acceptors (Lipinski definition) is 4. The van der Waals surface area contributed by atoms with Crippen molar-refractivity contribution in [2.45, 2.75) is 38.8 Å². The van der Waals surface area contributed by atoms with Crippen molar-refractivity contribution in [2.75, 3.05) is 33.0 Å². The van der Waals surface area contributed by atoms with Crippen molar-refractivity contribution in [3.8, 4) is 17.2 Å². The molecule has 6 nitrogen and oxygen atoms in total. The van der Waals surface area contributed by atoms with Crippen LogP contribution in [0.2, 0.25) is 0 Å². The Bertz CT molecular complexity index is 945. The van der Waals surface area contributed by atoms with Crippen LogP contribution < -0.4 is 19.1 Å². The lowest BCUT2D eigenvalue weighted by Gasteiger charge is -2.29. The van der Waals surface area contributed by atoms with E-state index in [-0.39, 0.29) is 12.7 Å². The zero-order valence-corrected chi connectivity index (χ0v) is 17.5. The second-order valence-corrected chi connectivity index (χ2v) is 8.40. The first-order valence-electron chi connectivity index (χ1n) is 11.0. The number of rotatable bonds is 6. The molecule has 1 N–H and O–H groups in total. The third-order valence-corrected chi connectivity index (χ3v) is 6.56. The van der Waals surface area contributed by atoms with E-state index < -0.39 is 0 Å². The summed E-state index contributed by atoms with van der Waals surface area (Å²) in [6, 6.07) is 12.3. The van der Waals surface area contributed by atoms with Gasteiger partial charge in [0.15, 0.2) is 11.5 Å². The first kappa shape index (κ1) is 19.2. The average molecular weight is 410 g/mol. The third-order valence-electron chi connectivity index (χ3n) is 6.56. The summed E-state index contributed by atoms with van der Waals surface area (Å²) in [6.07, 6.45) is 3.27. The number of nitrogens with zero attached hydrogens (tertiary/aromatic N) is 1. The van der Waals surface area contributed by atoms with Crippen molar-refractivity contribution in [2.24, 2.45) is 0 Å². The van der Waals surface area contributed by atoms with E-state index in [1.807, 2.05) is 41.3 Å². The van der Waals surface area contributed by atoms with Gasteiger partial charge in [-0.3, -0.25) is 4.79 Å². The Balaban J connectivity index is 1.40. The number of nitrogens with one attached hydrogen (secondary N) is 1. The number of fused-ring (bicyclic) bond motifs is 2.